The van der Waals surface area contributed by atoms with E-state index in [-0.39, 0.29) is 10.9 Å². The van der Waals surface area contributed by atoms with Gasteiger partial charge in [0.15, 0.2) is 0 Å². The largest absolute Gasteiger partial charge is 0.497 e. The zero-order valence-corrected chi connectivity index (χ0v) is 15.8. The number of benzene rings is 2. The number of sulfonamides is 1. The summed E-state index contributed by atoms with van der Waals surface area (Å²) in [5, 5.41) is 1.61. The second-order valence-electron chi connectivity index (χ2n) is 6.51. The monoisotopic (exact) mass is 390 g/mol. The number of rotatable bonds is 4. The van der Waals surface area contributed by atoms with E-state index in [2.05, 4.69) is 9.71 Å². The van der Waals surface area contributed by atoms with Crippen molar-refractivity contribution in [1.29, 1.82) is 0 Å². The summed E-state index contributed by atoms with van der Waals surface area (Å²) >= 11 is 5.85. The quantitative estimate of drug-likeness (QED) is 0.714. The molecule has 2 aromatic carbocycles. The first kappa shape index (κ1) is 17.4. The van der Waals surface area contributed by atoms with E-state index < -0.39 is 10.0 Å². The summed E-state index contributed by atoms with van der Waals surface area (Å²) in [7, 11) is -1.93. The number of methoxy groups -OCH3 is 1. The molecule has 1 aromatic heterocycles. The van der Waals surface area contributed by atoms with Crippen molar-refractivity contribution in [2.45, 2.75) is 30.2 Å². The number of H-pyrrole nitrogens is 1. The number of fused-ring (bicyclic) bond motifs is 3. The number of halogens is 1. The van der Waals surface area contributed by atoms with Gasteiger partial charge in [0.25, 0.3) is 0 Å². The standard InChI is InChI=1S/C19H19ClN2O3S/c1-25-14-5-9-19-17(11-14)16-10-13(4-8-18(16)21-19)22-26(23,24)15-6-2-12(20)3-7-15/h2-3,5-7,9,11,13,21-22H,4,8,10H2,1H3. The molecule has 0 fully saturated rings. The van der Waals surface area contributed by atoms with Gasteiger partial charge >= 0.3 is 0 Å². The summed E-state index contributed by atoms with van der Waals surface area (Å²) in [5.74, 6) is 0.795. The van der Waals surface area contributed by atoms with Crippen molar-refractivity contribution >= 4 is 32.5 Å². The lowest BCUT2D eigenvalue weighted by atomic mass is 9.92. The van der Waals surface area contributed by atoms with E-state index >= 15 is 0 Å². The SMILES string of the molecule is COc1ccc2[nH]c3c(c2c1)CC(NS(=O)(=O)c1ccc(Cl)cc1)CC3. The average molecular weight is 391 g/mol. The second-order valence-corrected chi connectivity index (χ2v) is 8.66. The Morgan fingerprint density at radius 3 is 2.69 bits per heavy atom. The minimum Gasteiger partial charge on any atom is -0.497 e. The summed E-state index contributed by atoms with van der Waals surface area (Å²) in [5.41, 5.74) is 3.39. The van der Waals surface area contributed by atoms with E-state index in [4.69, 9.17) is 16.3 Å². The maximum Gasteiger partial charge on any atom is 0.240 e. The Balaban J connectivity index is 1.61. The number of aryl methyl sites for hydroxylation is 1. The second kappa shape index (κ2) is 6.61. The third-order valence-corrected chi connectivity index (χ3v) is 6.63. The molecule has 0 spiro atoms. The van der Waals surface area contributed by atoms with Gasteiger partial charge < -0.3 is 9.72 Å². The van der Waals surface area contributed by atoms with Crippen LogP contribution in [-0.4, -0.2) is 26.6 Å². The van der Waals surface area contributed by atoms with Gasteiger partial charge in [-0.1, -0.05) is 11.6 Å². The summed E-state index contributed by atoms with van der Waals surface area (Å²) < 4.78 is 33.4. The third kappa shape index (κ3) is 3.20. The van der Waals surface area contributed by atoms with Crippen molar-refractivity contribution in [3.8, 4) is 5.75 Å². The lowest BCUT2D eigenvalue weighted by molar-refractivity contribution is 0.415. The lowest BCUT2D eigenvalue weighted by Crippen LogP contribution is -2.38. The smallest absolute Gasteiger partial charge is 0.240 e. The Bertz CT molecular complexity index is 1060. The molecular formula is C19H19ClN2O3S. The Morgan fingerprint density at radius 1 is 1.19 bits per heavy atom. The summed E-state index contributed by atoms with van der Waals surface area (Å²) in [4.78, 5) is 3.67. The summed E-state index contributed by atoms with van der Waals surface area (Å²) in [6, 6.07) is 12.0. The predicted octanol–water partition coefficient (Wildman–Crippen LogP) is 3.67. The van der Waals surface area contributed by atoms with Gasteiger partial charge in [-0.25, -0.2) is 13.1 Å². The van der Waals surface area contributed by atoms with Crippen molar-refractivity contribution in [1.82, 2.24) is 9.71 Å². The van der Waals surface area contributed by atoms with E-state index in [1.54, 1.807) is 19.2 Å². The van der Waals surface area contributed by atoms with Crippen LogP contribution in [0.3, 0.4) is 0 Å². The molecule has 1 aliphatic rings. The Morgan fingerprint density at radius 2 is 1.96 bits per heavy atom. The normalized spacial score (nSPS) is 17.2. The van der Waals surface area contributed by atoms with Crippen LogP contribution in [-0.2, 0) is 22.9 Å². The molecule has 0 saturated heterocycles. The van der Waals surface area contributed by atoms with Crippen LogP contribution in [0.2, 0.25) is 5.02 Å². The van der Waals surface area contributed by atoms with Crippen LogP contribution in [0.25, 0.3) is 10.9 Å². The van der Waals surface area contributed by atoms with Crippen molar-refractivity contribution in [3.63, 3.8) is 0 Å². The van der Waals surface area contributed by atoms with Gasteiger partial charge in [-0.15, -0.1) is 0 Å². The number of hydrogen-bond donors (Lipinski definition) is 2. The molecule has 0 radical (unpaired) electrons. The van der Waals surface area contributed by atoms with Crippen LogP contribution >= 0.6 is 11.6 Å². The van der Waals surface area contributed by atoms with Crippen molar-refractivity contribution < 1.29 is 13.2 Å². The van der Waals surface area contributed by atoms with Crippen molar-refractivity contribution in [2.24, 2.45) is 0 Å². The fraction of sp³-hybridized carbons (Fsp3) is 0.263. The molecule has 1 unspecified atom stereocenters. The first-order chi connectivity index (χ1) is 12.5. The summed E-state index contributed by atoms with van der Waals surface area (Å²) in [6.07, 6.45) is 2.21. The van der Waals surface area contributed by atoms with Crippen LogP contribution in [0.4, 0.5) is 0 Å². The lowest BCUT2D eigenvalue weighted by Gasteiger charge is -2.23. The van der Waals surface area contributed by atoms with Gasteiger partial charge in [-0.2, -0.15) is 0 Å². The maximum absolute atomic E-state index is 12.6. The molecule has 4 rings (SSSR count). The highest BCUT2D eigenvalue weighted by Crippen LogP contribution is 2.32. The van der Waals surface area contributed by atoms with Gasteiger partial charge in [0.1, 0.15) is 5.75 Å². The topological polar surface area (TPSA) is 71.2 Å². The minimum atomic E-state index is -3.57. The molecule has 1 heterocycles. The van der Waals surface area contributed by atoms with Crippen LogP contribution in [0.1, 0.15) is 17.7 Å². The highest BCUT2D eigenvalue weighted by molar-refractivity contribution is 7.89. The molecule has 0 bridgehead atoms. The number of hydrogen-bond acceptors (Lipinski definition) is 3. The van der Waals surface area contributed by atoms with Gasteiger partial charge in [-0.3, -0.25) is 0 Å². The molecule has 0 amide bonds. The highest BCUT2D eigenvalue weighted by atomic mass is 35.5. The van der Waals surface area contributed by atoms with Crippen molar-refractivity contribution in [2.75, 3.05) is 7.11 Å². The van der Waals surface area contributed by atoms with E-state index in [1.165, 1.54) is 17.8 Å². The van der Waals surface area contributed by atoms with E-state index in [9.17, 15) is 8.42 Å². The molecule has 3 aromatic rings. The van der Waals surface area contributed by atoms with Gasteiger partial charge in [0, 0.05) is 27.7 Å². The zero-order valence-electron chi connectivity index (χ0n) is 14.3. The Kier molecular flexibility index (Phi) is 4.42. The molecule has 26 heavy (non-hydrogen) atoms. The third-order valence-electron chi connectivity index (χ3n) is 4.84. The maximum atomic E-state index is 12.6. The molecular weight excluding hydrogens is 372 g/mol. The average Bonchev–Trinajstić information content (AvgIpc) is 2.99. The number of nitrogens with one attached hydrogen (secondary N) is 2. The highest BCUT2D eigenvalue weighted by Gasteiger charge is 2.26. The number of ether oxygens (including phenoxy) is 1. The van der Waals surface area contributed by atoms with Crippen LogP contribution in [0, 0.1) is 0 Å². The molecule has 1 aliphatic carbocycles. The van der Waals surface area contributed by atoms with E-state index in [0.29, 0.717) is 11.4 Å². The Labute approximate surface area is 157 Å². The van der Waals surface area contributed by atoms with Gasteiger partial charge in [-0.05, 0) is 67.3 Å². The molecule has 2 N–H and O–H groups in total. The fourth-order valence-corrected chi connectivity index (χ4v) is 4.92. The number of aromatic amines is 1. The first-order valence-electron chi connectivity index (χ1n) is 8.41. The number of aromatic nitrogens is 1. The van der Waals surface area contributed by atoms with Crippen molar-refractivity contribution in [3.05, 3.63) is 58.7 Å². The molecule has 7 heteroatoms. The molecule has 0 saturated carbocycles. The van der Waals surface area contributed by atoms with Crippen LogP contribution < -0.4 is 9.46 Å². The zero-order chi connectivity index (χ0) is 18.3. The molecule has 0 aliphatic heterocycles. The van der Waals surface area contributed by atoms with E-state index in [0.717, 1.165) is 35.1 Å². The first-order valence-corrected chi connectivity index (χ1v) is 10.3. The van der Waals surface area contributed by atoms with Crippen LogP contribution in [0.5, 0.6) is 5.75 Å². The fourth-order valence-electron chi connectivity index (χ4n) is 3.52. The van der Waals surface area contributed by atoms with Gasteiger partial charge in [0.05, 0.1) is 12.0 Å². The van der Waals surface area contributed by atoms with Gasteiger partial charge in [0.2, 0.25) is 10.0 Å². The molecule has 1 atom stereocenters. The molecule has 136 valence electrons. The minimum absolute atomic E-state index is 0.145. The predicted molar refractivity (Wildman–Crippen MR) is 102 cm³/mol. The Hall–Kier alpha value is -2.02. The van der Waals surface area contributed by atoms with E-state index in [1.807, 2.05) is 18.2 Å². The van der Waals surface area contributed by atoms with Crippen LogP contribution in [0.15, 0.2) is 47.4 Å². The summed E-state index contributed by atoms with van der Waals surface area (Å²) in [6.45, 7) is 0. The molecule has 5 nitrogen and oxygen atoms in total.